The number of benzene rings is 1. The Labute approximate surface area is 106 Å². The Morgan fingerprint density at radius 3 is 2.56 bits per heavy atom. The smallest absolute Gasteiger partial charge is 0.247 e. The van der Waals surface area contributed by atoms with Crippen LogP contribution in [0.2, 0.25) is 0 Å². The van der Waals surface area contributed by atoms with E-state index in [-0.39, 0.29) is 23.9 Å². The van der Waals surface area contributed by atoms with Crippen molar-refractivity contribution >= 4 is 11.8 Å². The van der Waals surface area contributed by atoms with E-state index in [0.717, 1.165) is 18.4 Å². The van der Waals surface area contributed by atoms with Crippen LogP contribution >= 0.6 is 0 Å². The van der Waals surface area contributed by atoms with Crippen LogP contribution in [0.4, 0.5) is 0 Å². The lowest BCUT2D eigenvalue weighted by Gasteiger charge is -2.14. The summed E-state index contributed by atoms with van der Waals surface area (Å²) in [6.07, 6.45) is 2.26. The van der Waals surface area contributed by atoms with E-state index in [1.54, 1.807) is 0 Å². The van der Waals surface area contributed by atoms with Crippen LogP contribution < -0.4 is 5.32 Å². The molecule has 1 unspecified atom stereocenters. The normalized spacial score (nSPS) is 23.8. The first-order chi connectivity index (χ1) is 8.75. The second-order valence-corrected chi connectivity index (χ2v) is 4.96. The highest BCUT2D eigenvalue weighted by Crippen LogP contribution is 2.31. The zero-order chi connectivity index (χ0) is 12.5. The third kappa shape index (κ3) is 2.16. The largest absolute Gasteiger partial charge is 0.301 e. The molecular weight excluding hydrogens is 228 g/mol. The molecule has 1 heterocycles. The molecule has 1 aliphatic carbocycles. The number of imide groups is 1. The number of hydrogen-bond acceptors (Lipinski definition) is 3. The van der Waals surface area contributed by atoms with E-state index in [1.165, 1.54) is 4.90 Å². The molecule has 0 spiro atoms. The molecule has 1 aromatic rings. The predicted molar refractivity (Wildman–Crippen MR) is 66.6 cm³/mol. The maximum absolute atomic E-state index is 12.1. The minimum atomic E-state index is -0.335. The first-order valence-corrected chi connectivity index (χ1v) is 6.39. The topological polar surface area (TPSA) is 49.4 Å². The number of rotatable bonds is 4. The van der Waals surface area contributed by atoms with E-state index >= 15 is 0 Å². The third-order valence-corrected chi connectivity index (χ3v) is 3.49. The van der Waals surface area contributed by atoms with Crippen LogP contribution in [-0.4, -0.2) is 28.8 Å². The van der Waals surface area contributed by atoms with Crippen LogP contribution in [0.25, 0.3) is 0 Å². The predicted octanol–water partition coefficient (Wildman–Crippen LogP) is 1.07. The zero-order valence-corrected chi connectivity index (χ0v) is 10.1. The van der Waals surface area contributed by atoms with Crippen molar-refractivity contribution in [3.05, 3.63) is 35.9 Å². The summed E-state index contributed by atoms with van der Waals surface area (Å²) < 4.78 is 0. The molecule has 4 nitrogen and oxygen atoms in total. The van der Waals surface area contributed by atoms with Gasteiger partial charge in [-0.3, -0.25) is 14.5 Å². The molecule has 1 N–H and O–H groups in total. The van der Waals surface area contributed by atoms with Gasteiger partial charge in [-0.05, 0) is 18.4 Å². The Bertz CT molecular complexity index is 468. The van der Waals surface area contributed by atoms with Gasteiger partial charge in [0.15, 0.2) is 0 Å². The Hall–Kier alpha value is -1.68. The first-order valence-electron chi connectivity index (χ1n) is 6.39. The molecule has 2 amide bonds. The lowest BCUT2D eigenvalue weighted by atomic mass is 10.2. The van der Waals surface area contributed by atoms with Gasteiger partial charge in [-0.1, -0.05) is 30.3 Å². The van der Waals surface area contributed by atoms with Crippen LogP contribution in [0.1, 0.15) is 24.8 Å². The summed E-state index contributed by atoms with van der Waals surface area (Å²) in [4.78, 5) is 25.3. The van der Waals surface area contributed by atoms with E-state index in [1.807, 2.05) is 30.3 Å². The lowest BCUT2D eigenvalue weighted by Crippen LogP contribution is -2.39. The van der Waals surface area contributed by atoms with E-state index in [4.69, 9.17) is 0 Å². The Balaban J connectivity index is 1.61. The molecule has 0 radical (unpaired) electrons. The molecule has 1 saturated heterocycles. The standard InChI is InChI=1S/C14H16N2O2/c17-13-8-12(14(18)16(13)11-6-7-11)15-9-10-4-2-1-3-5-10/h1-5,11-12,15H,6-9H2. The molecule has 94 valence electrons. The number of carbonyl (C=O) groups excluding carboxylic acids is 2. The van der Waals surface area contributed by atoms with Crippen molar-refractivity contribution in [1.29, 1.82) is 0 Å². The molecule has 1 saturated carbocycles. The highest BCUT2D eigenvalue weighted by molar-refractivity contribution is 6.06. The maximum atomic E-state index is 12.1. The number of likely N-dealkylation sites (tertiary alicyclic amines) is 1. The van der Waals surface area contributed by atoms with Gasteiger partial charge in [0.2, 0.25) is 11.8 Å². The van der Waals surface area contributed by atoms with Crippen molar-refractivity contribution in [3.8, 4) is 0 Å². The summed E-state index contributed by atoms with van der Waals surface area (Å²) in [7, 11) is 0. The summed E-state index contributed by atoms with van der Waals surface area (Å²) in [5.74, 6) is -0.0634. The summed E-state index contributed by atoms with van der Waals surface area (Å²) in [5, 5.41) is 3.18. The highest BCUT2D eigenvalue weighted by Gasteiger charge is 2.45. The summed E-state index contributed by atoms with van der Waals surface area (Å²) in [5.41, 5.74) is 1.13. The monoisotopic (exact) mass is 244 g/mol. The molecule has 0 bridgehead atoms. The molecule has 1 atom stereocenters. The number of carbonyl (C=O) groups is 2. The SMILES string of the molecule is O=C1CC(NCc2ccccc2)C(=O)N1C1CC1. The van der Waals surface area contributed by atoms with Gasteiger partial charge in [0.25, 0.3) is 0 Å². The molecule has 1 aliphatic heterocycles. The van der Waals surface area contributed by atoms with Crippen LogP contribution in [0.15, 0.2) is 30.3 Å². The number of nitrogens with one attached hydrogen (secondary N) is 1. The second-order valence-electron chi connectivity index (χ2n) is 4.96. The molecule has 0 aromatic heterocycles. The molecule has 1 aromatic carbocycles. The number of nitrogens with zero attached hydrogens (tertiary/aromatic N) is 1. The summed E-state index contributed by atoms with van der Waals surface area (Å²) in [6.45, 7) is 0.628. The lowest BCUT2D eigenvalue weighted by molar-refractivity contribution is -0.139. The maximum Gasteiger partial charge on any atom is 0.247 e. The van der Waals surface area contributed by atoms with Crippen molar-refractivity contribution in [3.63, 3.8) is 0 Å². The molecular formula is C14H16N2O2. The van der Waals surface area contributed by atoms with Gasteiger partial charge in [0, 0.05) is 12.6 Å². The van der Waals surface area contributed by atoms with Crippen LogP contribution in [0.3, 0.4) is 0 Å². The Kier molecular flexibility index (Phi) is 2.88. The van der Waals surface area contributed by atoms with Crippen molar-refractivity contribution in [2.75, 3.05) is 0 Å². The molecule has 4 heteroatoms. The van der Waals surface area contributed by atoms with Gasteiger partial charge in [0.05, 0.1) is 12.5 Å². The molecule has 2 fully saturated rings. The summed E-state index contributed by atoms with van der Waals surface area (Å²) >= 11 is 0. The molecule has 2 aliphatic rings. The van der Waals surface area contributed by atoms with Crippen molar-refractivity contribution < 1.29 is 9.59 Å². The minimum Gasteiger partial charge on any atom is -0.301 e. The van der Waals surface area contributed by atoms with Crippen molar-refractivity contribution in [2.45, 2.75) is 37.9 Å². The van der Waals surface area contributed by atoms with E-state index in [0.29, 0.717) is 13.0 Å². The minimum absolute atomic E-state index is 0.0203. The van der Waals surface area contributed by atoms with Gasteiger partial charge >= 0.3 is 0 Å². The van der Waals surface area contributed by atoms with Crippen molar-refractivity contribution in [2.24, 2.45) is 0 Å². The van der Waals surface area contributed by atoms with Gasteiger partial charge in [0.1, 0.15) is 0 Å². The number of amides is 2. The number of hydrogen-bond donors (Lipinski definition) is 1. The van der Waals surface area contributed by atoms with E-state index in [9.17, 15) is 9.59 Å². The van der Waals surface area contributed by atoms with E-state index < -0.39 is 0 Å². The zero-order valence-electron chi connectivity index (χ0n) is 10.1. The Morgan fingerprint density at radius 2 is 1.89 bits per heavy atom. The van der Waals surface area contributed by atoms with Gasteiger partial charge < -0.3 is 5.32 Å². The van der Waals surface area contributed by atoms with Crippen LogP contribution in [-0.2, 0) is 16.1 Å². The Morgan fingerprint density at radius 1 is 1.17 bits per heavy atom. The van der Waals surface area contributed by atoms with E-state index in [2.05, 4.69) is 5.32 Å². The molecule has 3 rings (SSSR count). The van der Waals surface area contributed by atoms with Gasteiger partial charge in [-0.15, -0.1) is 0 Å². The fourth-order valence-corrected chi connectivity index (χ4v) is 2.36. The van der Waals surface area contributed by atoms with Crippen molar-refractivity contribution in [1.82, 2.24) is 10.2 Å². The summed E-state index contributed by atoms with van der Waals surface area (Å²) in [6, 6.07) is 9.76. The molecule has 18 heavy (non-hydrogen) atoms. The second kappa shape index (κ2) is 4.53. The fourth-order valence-electron chi connectivity index (χ4n) is 2.36. The average Bonchev–Trinajstić information content (AvgIpc) is 3.16. The highest BCUT2D eigenvalue weighted by atomic mass is 16.2. The fraction of sp³-hybridized carbons (Fsp3) is 0.429. The third-order valence-electron chi connectivity index (χ3n) is 3.49. The van der Waals surface area contributed by atoms with Gasteiger partial charge in [-0.25, -0.2) is 0 Å². The average molecular weight is 244 g/mol. The quantitative estimate of drug-likeness (QED) is 0.806. The van der Waals surface area contributed by atoms with Crippen LogP contribution in [0, 0.1) is 0 Å². The van der Waals surface area contributed by atoms with Crippen LogP contribution in [0.5, 0.6) is 0 Å². The van der Waals surface area contributed by atoms with Gasteiger partial charge in [-0.2, -0.15) is 0 Å². The first kappa shape index (κ1) is 11.4.